The third-order valence-corrected chi connectivity index (χ3v) is 3.86. The molecule has 2 aromatic rings. The fourth-order valence-corrected chi connectivity index (χ4v) is 2.76. The van der Waals surface area contributed by atoms with Crippen LogP contribution in [-0.2, 0) is 14.9 Å². The smallest absolute Gasteiger partial charge is 0.347 e. The van der Waals surface area contributed by atoms with Gasteiger partial charge >= 0.3 is 11.9 Å². The molecule has 2 rings (SSSR count). The number of carbonyl (C=O) groups excluding carboxylic acids is 2. The van der Waals surface area contributed by atoms with Crippen molar-refractivity contribution in [2.75, 3.05) is 7.11 Å². The van der Waals surface area contributed by atoms with E-state index in [-0.39, 0.29) is 5.56 Å². The Hall–Kier alpha value is -2.78. The van der Waals surface area contributed by atoms with Gasteiger partial charge in [-0.1, -0.05) is 18.2 Å². The number of carbonyl (C=O) groups is 2. The average Bonchev–Trinajstić information content (AvgIpc) is 2.54. The third kappa shape index (κ3) is 3.58. The molecule has 9 heteroatoms. The Kier molecular flexibility index (Phi) is 4.96. The molecule has 0 aliphatic rings. The molecule has 7 nitrogen and oxygen atoms in total. The molecule has 0 atom stereocenters. The van der Waals surface area contributed by atoms with Gasteiger partial charge in [0.2, 0.25) is 0 Å². The van der Waals surface area contributed by atoms with E-state index in [2.05, 4.69) is 9.47 Å². The summed E-state index contributed by atoms with van der Waals surface area (Å²) in [5.74, 6) is -4.39. The minimum absolute atomic E-state index is 0.0494. The standard InChI is InChI=1S/C15H11FO7S/c1-22-12-11(16)8-7-10(13(12)24(19,20)21)15(18)23-14(17)9-5-3-2-4-6-9/h2-8H,1H3,(H,19,20,21). The molecule has 0 aliphatic carbocycles. The van der Waals surface area contributed by atoms with Crippen LogP contribution in [0.5, 0.6) is 5.75 Å². The number of ether oxygens (including phenoxy) is 2. The summed E-state index contributed by atoms with van der Waals surface area (Å²) < 4.78 is 54.9. The van der Waals surface area contributed by atoms with E-state index in [1.165, 1.54) is 24.3 Å². The normalized spacial score (nSPS) is 11.0. The molecule has 0 unspecified atom stereocenters. The van der Waals surface area contributed by atoms with Gasteiger partial charge in [-0.25, -0.2) is 14.0 Å². The lowest BCUT2D eigenvalue weighted by Gasteiger charge is -2.11. The fourth-order valence-electron chi connectivity index (χ4n) is 1.92. The summed E-state index contributed by atoms with van der Waals surface area (Å²) in [6.07, 6.45) is 0. The average molecular weight is 354 g/mol. The molecule has 126 valence electrons. The molecular formula is C15H11FO7S. The zero-order chi connectivity index (χ0) is 17.9. The Morgan fingerprint density at radius 1 is 1.04 bits per heavy atom. The van der Waals surface area contributed by atoms with Crippen molar-refractivity contribution in [2.24, 2.45) is 0 Å². The zero-order valence-electron chi connectivity index (χ0n) is 12.2. The van der Waals surface area contributed by atoms with Gasteiger partial charge in [0.1, 0.15) is 0 Å². The Labute approximate surface area is 136 Å². The van der Waals surface area contributed by atoms with E-state index in [0.717, 1.165) is 19.2 Å². The topological polar surface area (TPSA) is 107 Å². The predicted molar refractivity (Wildman–Crippen MR) is 79.0 cm³/mol. The lowest BCUT2D eigenvalue weighted by molar-refractivity contribution is 0.0394. The maximum absolute atomic E-state index is 13.6. The molecule has 0 saturated carbocycles. The van der Waals surface area contributed by atoms with Crippen LogP contribution in [0.4, 0.5) is 4.39 Å². The van der Waals surface area contributed by atoms with E-state index >= 15 is 0 Å². The maximum atomic E-state index is 13.6. The second-order valence-corrected chi connectivity index (χ2v) is 5.83. The van der Waals surface area contributed by atoms with Crippen molar-refractivity contribution in [3.63, 3.8) is 0 Å². The van der Waals surface area contributed by atoms with E-state index < -0.39 is 44.1 Å². The summed E-state index contributed by atoms with van der Waals surface area (Å²) in [5.41, 5.74) is -0.687. The van der Waals surface area contributed by atoms with Gasteiger partial charge in [0.25, 0.3) is 10.1 Å². The molecule has 24 heavy (non-hydrogen) atoms. The molecular weight excluding hydrogens is 343 g/mol. The van der Waals surface area contributed by atoms with Crippen LogP contribution in [0.3, 0.4) is 0 Å². The lowest BCUT2D eigenvalue weighted by atomic mass is 10.2. The third-order valence-electron chi connectivity index (χ3n) is 2.94. The molecule has 0 heterocycles. The van der Waals surface area contributed by atoms with E-state index in [1.54, 1.807) is 6.07 Å². The van der Waals surface area contributed by atoms with Crippen molar-refractivity contribution in [3.05, 3.63) is 59.4 Å². The number of benzene rings is 2. The van der Waals surface area contributed by atoms with Crippen LogP contribution >= 0.6 is 0 Å². The highest BCUT2D eigenvalue weighted by Gasteiger charge is 2.30. The SMILES string of the molecule is COc1c(F)ccc(C(=O)OC(=O)c2ccccc2)c1S(=O)(=O)O. The highest BCUT2D eigenvalue weighted by Crippen LogP contribution is 2.31. The number of esters is 2. The van der Waals surface area contributed by atoms with Crippen molar-refractivity contribution in [2.45, 2.75) is 4.90 Å². The highest BCUT2D eigenvalue weighted by molar-refractivity contribution is 7.86. The molecule has 0 radical (unpaired) electrons. The summed E-state index contributed by atoms with van der Waals surface area (Å²) >= 11 is 0. The summed E-state index contributed by atoms with van der Waals surface area (Å²) in [5, 5.41) is 0. The molecule has 2 aromatic carbocycles. The number of rotatable bonds is 4. The monoisotopic (exact) mass is 354 g/mol. The van der Waals surface area contributed by atoms with Gasteiger partial charge in [-0.05, 0) is 24.3 Å². The molecule has 0 spiro atoms. The number of halogens is 1. The van der Waals surface area contributed by atoms with E-state index in [9.17, 15) is 27.0 Å². The molecule has 0 fully saturated rings. The minimum Gasteiger partial charge on any atom is -0.492 e. The van der Waals surface area contributed by atoms with Gasteiger partial charge in [0.15, 0.2) is 16.5 Å². The van der Waals surface area contributed by atoms with Gasteiger partial charge in [-0.3, -0.25) is 4.55 Å². The first kappa shape index (κ1) is 17.6. The number of methoxy groups -OCH3 is 1. The Bertz CT molecular complexity index is 892. The summed E-state index contributed by atoms with van der Waals surface area (Å²) in [6, 6.07) is 8.98. The van der Waals surface area contributed by atoms with Gasteiger partial charge in [0, 0.05) is 0 Å². The predicted octanol–water partition coefficient (Wildman–Crippen LogP) is 2.08. The molecule has 0 saturated heterocycles. The quantitative estimate of drug-likeness (QED) is 0.509. The van der Waals surface area contributed by atoms with E-state index in [4.69, 9.17) is 0 Å². The lowest BCUT2D eigenvalue weighted by Crippen LogP contribution is -2.17. The zero-order valence-corrected chi connectivity index (χ0v) is 13.0. The summed E-state index contributed by atoms with van der Waals surface area (Å²) in [7, 11) is -4.07. The second kappa shape index (κ2) is 6.77. The van der Waals surface area contributed by atoms with Gasteiger partial charge in [-0.2, -0.15) is 8.42 Å². The molecule has 0 bridgehead atoms. The Morgan fingerprint density at radius 2 is 1.67 bits per heavy atom. The molecule has 1 N–H and O–H groups in total. The number of hydrogen-bond donors (Lipinski definition) is 1. The Morgan fingerprint density at radius 3 is 2.21 bits per heavy atom. The largest absolute Gasteiger partial charge is 0.492 e. The van der Waals surface area contributed by atoms with E-state index in [0.29, 0.717) is 0 Å². The van der Waals surface area contributed by atoms with Crippen molar-refractivity contribution < 1.29 is 36.4 Å². The minimum atomic E-state index is -5.02. The van der Waals surface area contributed by atoms with Crippen molar-refractivity contribution in [3.8, 4) is 5.75 Å². The van der Waals surface area contributed by atoms with Crippen LogP contribution in [0.1, 0.15) is 20.7 Å². The van der Waals surface area contributed by atoms with Gasteiger partial charge < -0.3 is 9.47 Å². The van der Waals surface area contributed by atoms with Crippen molar-refractivity contribution in [1.82, 2.24) is 0 Å². The summed E-state index contributed by atoms with van der Waals surface area (Å²) in [6.45, 7) is 0. The van der Waals surface area contributed by atoms with Crippen molar-refractivity contribution in [1.29, 1.82) is 0 Å². The maximum Gasteiger partial charge on any atom is 0.347 e. The van der Waals surface area contributed by atoms with Crippen molar-refractivity contribution >= 4 is 22.1 Å². The molecule has 0 amide bonds. The summed E-state index contributed by atoms with van der Waals surface area (Å²) in [4.78, 5) is 22.8. The Balaban J connectivity index is 2.45. The molecule has 0 aliphatic heterocycles. The number of hydrogen-bond acceptors (Lipinski definition) is 6. The van der Waals surface area contributed by atoms with Crippen LogP contribution in [-0.4, -0.2) is 32.0 Å². The first-order valence-corrected chi connectivity index (χ1v) is 7.85. The van der Waals surface area contributed by atoms with Crippen LogP contribution in [0, 0.1) is 5.82 Å². The highest BCUT2D eigenvalue weighted by atomic mass is 32.2. The second-order valence-electron chi connectivity index (χ2n) is 4.48. The first-order valence-electron chi connectivity index (χ1n) is 6.41. The fraction of sp³-hybridized carbons (Fsp3) is 0.0667. The van der Waals surface area contributed by atoms with Crippen LogP contribution in [0.2, 0.25) is 0 Å². The van der Waals surface area contributed by atoms with Crippen LogP contribution in [0.25, 0.3) is 0 Å². The van der Waals surface area contributed by atoms with Crippen LogP contribution < -0.4 is 4.74 Å². The first-order chi connectivity index (χ1) is 11.3. The van der Waals surface area contributed by atoms with E-state index in [1.807, 2.05) is 0 Å². The molecule has 0 aromatic heterocycles. The van der Waals surface area contributed by atoms with Gasteiger partial charge in [0.05, 0.1) is 18.2 Å². The van der Waals surface area contributed by atoms with Gasteiger partial charge in [-0.15, -0.1) is 0 Å². The van der Waals surface area contributed by atoms with Crippen LogP contribution in [0.15, 0.2) is 47.4 Å².